The number of hydrogen-bond acceptors (Lipinski definition) is 3. The van der Waals surface area contributed by atoms with Crippen molar-refractivity contribution in [3.63, 3.8) is 0 Å². The molecule has 1 atom stereocenters. The molecule has 1 aliphatic carbocycles. The van der Waals surface area contributed by atoms with Crippen LogP contribution in [0.3, 0.4) is 0 Å². The van der Waals surface area contributed by atoms with Gasteiger partial charge in [-0.3, -0.25) is 0 Å². The first-order chi connectivity index (χ1) is 6.88. The maximum absolute atomic E-state index is 5.45. The Morgan fingerprint density at radius 2 is 2.00 bits per heavy atom. The fraction of sp³-hybridized carbons (Fsp3) is 1.00. The minimum absolute atomic E-state index is 0.0478. The molecule has 0 bridgehead atoms. The summed E-state index contributed by atoms with van der Waals surface area (Å²) < 4.78 is 10.9. The van der Waals surface area contributed by atoms with Crippen LogP contribution in [0.1, 0.15) is 32.1 Å². The first-order valence-corrected chi connectivity index (χ1v) is 5.79. The molecule has 2 aliphatic rings. The van der Waals surface area contributed by atoms with Gasteiger partial charge in [-0.15, -0.1) is 0 Å². The molecule has 0 amide bonds. The second-order valence-electron chi connectivity index (χ2n) is 4.41. The zero-order valence-electron chi connectivity index (χ0n) is 9.00. The van der Waals surface area contributed by atoms with Crippen molar-refractivity contribution in [1.29, 1.82) is 0 Å². The maximum Gasteiger partial charge on any atom is 0.159 e. The van der Waals surface area contributed by atoms with E-state index in [1.165, 1.54) is 25.7 Å². The minimum atomic E-state index is 0.0478. The lowest BCUT2D eigenvalue weighted by atomic mass is 10.1. The van der Waals surface area contributed by atoms with E-state index in [0.29, 0.717) is 6.04 Å². The van der Waals surface area contributed by atoms with Gasteiger partial charge < -0.3 is 14.8 Å². The van der Waals surface area contributed by atoms with Crippen molar-refractivity contribution in [2.75, 3.05) is 20.3 Å². The number of hydrogen-bond donors (Lipinski definition) is 1. The van der Waals surface area contributed by atoms with Crippen LogP contribution < -0.4 is 5.32 Å². The summed E-state index contributed by atoms with van der Waals surface area (Å²) >= 11 is 0. The fourth-order valence-corrected chi connectivity index (χ4v) is 2.00. The van der Waals surface area contributed by atoms with Crippen molar-refractivity contribution in [3.8, 4) is 0 Å². The molecule has 0 radical (unpaired) electrons. The highest BCUT2D eigenvalue weighted by Crippen LogP contribution is 2.34. The predicted octanol–water partition coefficient (Wildman–Crippen LogP) is 1.53. The summed E-state index contributed by atoms with van der Waals surface area (Å²) in [4.78, 5) is 0. The highest BCUT2D eigenvalue weighted by atomic mass is 16.7. The van der Waals surface area contributed by atoms with E-state index in [1.54, 1.807) is 0 Å². The molecule has 1 saturated heterocycles. The second-order valence-corrected chi connectivity index (χ2v) is 4.41. The molecule has 1 aliphatic heterocycles. The van der Waals surface area contributed by atoms with Gasteiger partial charge >= 0.3 is 0 Å². The summed E-state index contributed by atoms with van der Waals surface area (Å²) in [5.41, 5.74) is 0. The van der Waals surface area contributed by atoms with Crippen LogP contribution in [0.4, 0.5) is 0 Å². The molecule has 0 spiro atoms. The summed E-state index contributed by atoms with van der Waals surface area (Å²) in [5, 5.41) is 3.35. The zero-order chi connectivity index (χ0) is 9.80. The van der Waals surface area contributed by atoms with Crippen molar-refractivity contribution in [2.45, 2.75) is 44.4 Å². The van der Waals surface area contributed by atoms with E-state index in [2.05, 4.69) is 5.32 Å². The molecule has 0 aromatic carbocycles. The molecule has 1 unspecified atom stereocenters. The highest BCUT2D eigenvalue weighted by molar-refractivity contribution is 4.77. The van der Waals surface area contributed by atoms with Crippen molar-refractivity contribution in [1.82, 2.24) is 5.32 Å². The first-order valence-electron chi connectivity index (χ1n) is 5.79. The summed E-state index contributed by atoms with van der Waals surface area (Å²) in [6, 6.07) is 0.568. The molecule has 1 heterocycles. The first kappa shape index (κ1) is 10.4. The fourth-order valence-electron chi connectivity index (χ4n) is 2.00. The van der Waals surface area contributed by atoms with Crippen LogP contribution >= 0.6 is 0 Å². The Balaban J connectivity index is 1.62. The van der Waals surface area contributed by atoms with Gasteiger partial charge in [0.25, 0.3) is 0 Å². The predicted molar refractivity (Wildman–Crippen MR) is 55.1 cm³/mol. The Morgan fingerprint density at radius 3 is 2.57 bits per heavy atom. The van der Waals surface area contributed by atoms with E-state index in [0.717, 1.165) is 25.6 Å². The summed E-state index contributed by atoms with van der Waals surface area (Å²) in [6.07, 6.45) is 6.60. The van der Waals surface area contributed by atoms with Gasteiger partial charge in [0, 0.05) is 12.5 Å². The van der Waals surface area contributed by atoms with Crippen molar-refractivity contribution < 1.29 is 9.47 Å². The Kier molecular flexibility index (Phi) is 3.79. The molecule has 3 heteroatoms. The van der Waals surface area contributed by atoms with Crippen LogP contribution in [0.2, 0.25) is 0 Å². The lowest BCUT2D eigenvalue weighted by Gasteiger charge is -2.19. The van der Waals surface area contributed by atoms with Gasteiger partial charge in [0.05, 0.1) is 13.2 Å². The van der Waals surface area contributed by atoms with Gasteiger partial charge in [-0.05, 0) is 25.8 Å². The molecule has 1 saturated carbocycles. The number of nitrogens with one attached hydrogen (secondary N) is 1. The lowest BCUT2D eigenvalue weighted by molar-refractivity contribution is -0.0529. The maximum atomic E-state index is 5.45. The number of ether oxygens (including phenoxy) is 2. The monoisotopic (exact) mass is 199 g/mol. The Hall–Kier alpha value is -0.120. The normalized spacial score (nSPS) is 25.5. The Labute approximate surface area is 86.2 Å². The molecular formula is C11H21NO2. The average Bonchev–Trinajstić information content (AvgIpc) is 2.90. The Bertz CT molecular complexity index is 165. The third kappa shape index (κ3) is 3.23. The average molecular weight is 199 g/mol. The molecule has 14 heavy (non-hydrogen) atoms. The van der Waals surface area contributed by atoms with E-state index in [4.69, 9.17) is 9.47 Å². The molecule has 0 aromatic rings. The summed E-state index contributed by atoms with van der Waals surface area (Å²) in [6.45, 7) is 1.54. The van der Waals surface area contributed by atoms with Gasteiger partial charge in [-0.2, -0.15) is 0 Å². The van der Waals surface area contributed by atoms with Gasteiger partial charge in [0.2, 0.25) is 0 Å². The van der Waals surface area contributed by atoms with E-state index in [-0.39, 0.29) is 6.29 Å². The van der Waals surface area contributed by atoms with Gasteiger partial charge in [-0.1, -0.05) is 12.8 Å². The smallest absolute Gasteiger partial charge is 0.159 e. The highest BCUT2D eigenvalue weighted by Gasteiger charge is 2.24. The third-order valence-corrected chi connectivity index (χ3v) is 3.20. The Morgan fingerprint density at radius 1 is 1.29 bits per heavy atom. The van der Waals surface area contributed by atoms with Crippen LogP contribution in [-0.4, -0.2) is 32.6 Å². The van der Waals surface area contributed by atoms with Crippen LogP contribution in [0.25, 0.3) is 0 Å². The molecule has 3 nitrogen and oxygen atoms in total. The van der Waals surface area contributed by atoms with Gasteiger partial charge in [0.1, 0.15) is 0 Å². The summed E-state index contributed by atoms with van der Waals surface area (Å²) in [7, 11) is 2.03. The lowest BCUT2D eigenvalue weighted by Crippen LogP contribution is -2.30. The van der Waals surface area contributed by atoms with Crippen LogP contribution in [0, 0.1) is 5.92 Å². The van der Waals surface area contributed by atoms with E-state index < -0.39 is 0 Å². The second kappa shape index (κ2) is 5.10. The quantitative estimate of drug-likeness (QED) is 0.703. The van der Waals surface area contributed by atoms with Crippen molar-refractivity contribution >= 4 is 0 Å². The largest absolute Gasteiger partial charge is 0.350 e. The zero-order valence-corrected chi connectivity index (χ0v) is 9.00. The van der Waals surface area contributed by atoms with Crippen LogP contribution in [-0.2, 0) is 9.47 Å². The van der Waals surface area contributed by atoms with Crippen molar-refractivity contribution in [2.24, 2.45) is 5.92 Å². The molecule has 1 N–H and O–H groups in total. The molecule has 82 valence electrons. The molecule has 0 aromatic heterocycles. The topological polar surface area (TPSA) is 30.5 Å². The van der Waals surface area contributed by atoms with Gasteiger partial charge in [-0.25, -0.2) is 0 Å². The molecule has 2 rings (SSSR count). The summed E-state index contributed by atoms with van der Waals surface area (Å²) in [5.74, 6) is 1.02. The van der Waals surface area contributed by atoms with Crippen LogP contribution in [0.15, 0.2) is 0 Å². The molecular weight excluding hydrogens is 178 g/mol. The van der Waals surface area contributed by atoms with E-state index in [1.807, 2.05) is 7.05 Å². The van der Waals surface area contributed by atoms with E-state index in [9.17, 15) is 0 Å². The van der Waals surface area contributed by atoms with E-state index >= 15 is 0 Å². The molecule has 2 fully saturated rings. The minimum Gasteiger partial charge on any atom is -0.350 e. The third-order valence-electron chi connectivity index (χ3n) is 3.20. The standard InChI is InChI=1S/C11H21NO2/c1-12-10(5-4-9-2-3-9)8-11-13-6-7-14-11/h9-12H,2-8H2,1H3. The van der Waals surface area contributed by atoms with Crippen molar-refractivity contribution in [3.05, 3.63) is 0 Å². The number of rotatable bonds is 6. The van der Waals surface area contributed by atoms with Gasteiger partial charge in [0.15, 0.2) is 6.29 Å². The van der Waals surface area contributed by atoms with Crippen LogP contribution in [0.5, 0.6) is 0 Å². The SMILES string of the molecule is CNC(CCC1CC1)CC1OCCO1.